The Bertz CT molecular complexity index is 875. The van der Waals surface area contributed by atoms with Crippen molar-refractivity contribution < 1.29 is 9.59 Å². The number of hydrogen-bond donors (Lipinski definition) is 0. The number of aromatic nitrogens is 2. The Morgan fingerprint density at radius 1 is 1.07 bits per heavy atom. The molecule has 3 heterocycles. The summed E-state index contributed by atoms with van der Waals surface area (Å²) < 4.78 is 8.45. The molecule has 1 aromatic carbocycles. The van der Waals surface area contributed by atoms with Gasteiger partial charge in [0.15, 0.2) is 0 Å². The van der Waals surface area contributed by atoms with Gasteiger partial charge in [-0.1, -0.05) is 6.42 Å². The molecule has 2 fully saturated rings. The van der Waals surface area contributed by atoms with Crippen molar-refractivity contribution >= 4 is 34.6 Å². The zero-order chi connectivity index (χ0) is 20.4. The zero-order valence-corrected chi connectivity index (χ0v) is 18.0. The molecule has 1 unspecified atom stereocenters. The fourth-order valence-corrected chi connectivity index (χ4v) is 5.16. The summed E-state index contributed by atoms with van der Waals surface area (Å²) in [6, 6.07) is 6.04. The van der Waals surface area contributed by atoms with Crippen LogP contribution in [0.3, 0.4) is 0 Å². The van der Waals surface area contributed by atoms with E-state index in [-0.39, 0.29) is 11.8 Å². The van der Waals surface area contributed by atoms with Crippen LogP contribution in [-0.4, -0.2) is 81.6 Å². The Hall–Kier alpha value is -2.06. The molecular formula is C21H29N5O2S. The highest BCUT2D eigenvalue weighted by molar-refractivity contribution is 7.00. The van der Waals surface area contributed by atoms with Crippen LogP contribution < -0.4 is 0 Å². The van der Waals surface area contributed by atoms with Crippen LogP contribution in [0.25, 0.3) is 11.0 Å². The largest absolute Gasteiger partial charge is 0.348 e. The van der Waals surface area contributed by atoms with E-state index in [4.69, 9.17) is 0 Å². The highest BCUT2D eigenvalue weighted by atomic mass is 32.1. The first-order valence-corrected chi connectivity index (χ1v) is 11.2. The van der Waals surface area contributed by atoms with Crippen molar-refractivity contribution in [3.05, 3.63) is 23.8 Å². The van der Waals surface area contributed by atoms with Gasteiger partial charge in [0.05, 0.1) is 18.3 Å². The highest BCUT2D eigenvalue weighted by Crippen LogP contribution is 2.31. The fourth-order valence-electron chi connectivity index (χ4n) is 4.65. The van der Waals surface area contributed by atoms with Gasteiger partial charge in [-0.3, -0.25) is 14.5 Å². The van der Waals surface area contributed by atoms with Crippen molar-refractivity contribution in [3.63, 3.8) is 0 Å². The summed E-state index contributed by atoms with van der Waals surface area (Å²) in [6.07, 6.45) is 5.57. The lowest BCUT2D eigenvalue weighted by Gasteiger charge is -2.43. The monoisotopic (exact) mass is 415 g/mol. The molecule has 0 N–H and O–H groups in total. The average Bonchev–Trinajstić information content (AvgIpc) is 3.21. The van der Waals surface area contributed by atoms with Crippen LogP contribution in [0, 0.1) is 5.92 Å². The number of piperidine rings is 2. The topological polar surface area (TPSA) is 69.6 Å². The minimum atomic E-state index is 0.0848. The van der Waals surface area contributed by atoms with Crippen LogP contribution in [0.5, 0.6) is 0 Å². The maximum absolute atomic E-state index is 13.0. The van der Waals surface area contributed by atoms with Crippen LogP contribution in [0.4, 0.5) is 0 Å². The third kappa shape index (κ3) is 4.43. The number of amides is 2. The number of rotatable bonds is 4. The molecule has 2 amide bonds. The van der Waals surface area contributed by atoms with E-state index in [0.29, 0.717) is 24.1 Å². The van der Waals surface area contributed by atoms with Crippen LogP contribution >= 0.6 is 11.7 Å². The average molecular weight is 416 g/mol. The highest BCUT2D eigenvalue weighted by Gasteiger charge is 2.34. The van der Waals surface area contributed by atoms with Gasteiger partial charge in [-0.2, -0.15) is 8.75 Å². The molecule has 2 aliphatic heterocycles. The lowest BCUT2D eigenvalue weighted by Crippen LogP contribution is -2.51. The summed E-state index contributed by atoms with van der Waals surface area (Å²) in [5.41, 5.74) is 2.33. The second-order valence-corrected chi connectivity index (χ2v) is 8.95. The molecule has 29 heavy (non-hydrogen) atoms. The van der Waals surface area contributed by atoms with Crippen molar-refractivity contribution in [2.75, 3.05) is 40.3 Å². The molecule has 0 aliphatic carbocycles. The summed E-state index contributed by atoms with van der Waals surface area (Å²) >= 11 is 1.17. The lowest BCUT2D eigenvalue weighted by atomic mass is 9.83. The number of hydrogen-bond acceptors (Lipinski definition) is 6. The molecule has 0 saturated carbocycles. The van der Waals surface area contributed by atoms with Gasteiger partial charge < -0.3 is 9.80 Å². The van der Waals surface area contributed by atoms with Gasteiger partial charge in [0, 0.05) is 38.8 Å². The minimum Gasteiger partial charge on any atom is -0.348 e. The van der Waals surface area contributed by atoms with E-state index in [9.17, 15) is 9.59 Å². The summed E-state index contributed by atoms with van der Waals surface area (Å²) in [5.74, 6) is 0.817. The number of likely N-dealkylation sites (tertiary alicyclic amines) is 2. The molecule has 0 bridgehead atoms. The minimum absolute atomic E-state index is 0.0848. The smallest absolute Gasteiger partial charge is 0.253 e. The maximum atomic E-state index is 13.0. The molecular weight excluding hydrogens is 386 g/mol. The Balaban J connectivity index is 1.37. The van der Waals surface area contributed by atoms with Gasteiger partial charge >= 0.3 is 0 Å². The maximum Gasteiger partial charge on any atom is 0.253 e. The molecule has 0 spiro atoms. The summed E-state index contributed by atoms with van der Waals surface area (Å²) in [5, 5.41) is 0. The third-order valence-electron chi connectivity index (χ3n) is 6.37. The predicted molar refractivity (Wildman–Crippen MR) is 114 cm³/mol. The Morgan fingerprint density at radius 3 is 2.59 bits per heavy atom. The number of nitrogens with zero attached hydrogens (tertiary/aromatic N) is 5. The zero-order valence-electron chi connectivity index (χ0n) is 17.2. The standard InChI is InChI=1S/C21H29N5O2S/c1-24(2)20(27)14-26-10-4-3-5-19(26)15-8-11-25(12-9-15)21(28)16-6-7-17-18(13-16)23-29-22-17/h6-7,13,15,19H,3-5,8-12,14H2,1-2H3. The first-order chi connectivity index (χ1) is 14.0. The number of carbonyl (C=O) groups excluding carboxylic acids is 2. The molecule has 1 aromatic heterocycles. The van der Waals surface area contributed by atoms with Crippen LogP contribution in [0.15, 0.2) is 18.2 Å². The molecule has 1 atom stereocenters. The Labute approximate surface area is 176 Å². The quantitative estimate of drug-likeness (QED) is 0.767. The van der Waals surface area contributed by atoms with Gasteiger partial charge in [0.25, 0.3) is 5.91 Å². The molecule has 7 nitrogen and oxygen atoms in total. The van der Waals surface area contributed by atoms with Gasteiger partial charge in [0.1, 0.15) is 11.0 Å². The summed E-state index contributed by atoms with van der Waals surface area (Å²) in [7, 11) is 3.65. The first-order valence-electron chi connectivity index (χ1n) is 10.5. The second kappa shape index (κ2) is 8.75. The molecule has 2 aliphatic rings. The number of fused-ring (bicyclic) bond motifs is 1. The van der Waals surface area contributed by atoms with E-state index in [1.54, 1.807) is 4.90 Å². The van der Waals surface area contributed by atoms with Crippen molar-refractivity contribution in [3.8, 4) is 0 Å². The second-order valence-electron chi connectivity index (χ2n) is 8.42. The first kappa shape index (κ1) is 20.2. The van der Waals surface area contributed by atoms with Gasteiger partial charge in [-0.25, -0.2) is 0 Å². The molecule has 156 valence electrons. The van der Waals surface area contributed by atoms with Crippen LogP contribution in [0.1, 0.15) is 42.5 Å². The van der Waals surface area contributed by atoms with Gasteiger partial charge in [-0.05, 0) is 56.3 Å². The fraction of sp³-hybridized carbons (Fsp3) is 0.619. The van der Waals surface area contributed by atoms with E-state index in [0.717, 1.165) is 49.9 Å². The normalized spacial score (nSPS) is 21.4. The molecule has 2 saturated heterocycles. The van der Waals surface area contributed by atoms with Crippen LogP contribution in [-0.2, 0) is 4.79 Å². The number of benzene rings is 1. The number of likely N-dealkylation sites (N-methyl/N-ethyl adjacent to an activating group) is 1. The van der Waals surface area contributed by atoms with E-state index in [1.807, 2.05) is 37.2 Å². The molecule has 8 heteroatoms. The van der Waals surface area contributed by atoms with E-state index < -0.39 is 0 Å². The molecule has 0 radical (unpaired) electrons. The number of carbonyl (C=O) groups is 2. The van der Waals surface area contributed by atoms with E-state index in [1.165, 1.54) is 24.6 Å². The van der Waals surface area contributed by atoms with Crippen LogP contribution in [0.2, 0.25) is 0 Å². The lowest BCUT2D eigenvalue weighted by molar-refractivity contribution is -0.131. The Kier molecular flexibility index (Phi) is 6.10. The predicted octanol–water partition coefficient (Wildman–Crippen LogP) is 2.49. The van der Waals surface area contributed by atoms with Crippen molar-refractivity contribution in [1.29, 1.82) is 0 Å². The van der Waals surface area contributed by atoms with Crippen molar-refractivity contribution in [1.82, 2.24) is 23.4 Å². The van der Waals surface area contributed by atoms with Crippen molar-refractivity contribution in [2.45, 2.75) is 38.1 Å². The summed E-state index contributed by atoms with van der Waals surface area (Å²) in [4.78, 5) is 31.2. The molecule has 4 rings (SSSR count). The van der Waals surface area contributed by atoms with Crippen molar-refractivity contribution in [2.24, 2.45) is 5.92 Å². The Morgan fingerprint density at radius 2 is 1.83 bits per heavy atom. The van der Waals surface area contributed by atoms with Gasteiger partial charge in [0.2, 0.25) is 5.91 Å². The third-order valence-corrected chi connectivity index (χ3v) is 6.93. The molecule has 2 aromatic rings. The van der Waals surface area contributed by atoms with Gasteiger partial charge in [-0.15, -0.1) is 0 Å². The SMILES string of the molecule is CN(C)C(=O)CN1CCCCC1C1CCN(C(=O)c2ccc3nsnc3c2)CC1. The van der Waals surface area contributed by atoms with E-state index in [2.05, 4.69) is 13.6 Å². The van der Waals surface area contributed by atoms with E-state index >= 15 is 0 Å². The summed E-state index contributed by atoms with van der Waals surface area (Å²) in [6.45, 7) is 3.08.